The molecule has 0 bridgehead atoms. The van der Waals surface area contributed by atoms with E-state index in [1.165, 1.54) is 6.33 Å². The minimum Gasteiger partial charge on any atom is -0.481 e. The second-order valence-corrected chi connectivity index (χ2v) is 9.28. The molecule has 1 aliphatic heterocycles. The summed E-state index contributed by atoms with van der Waals surface area (Å²) in [6.45, 7) is 11.0. The lowest BCUT2D eigenvalue weighted by atomic mass is 10.1. The number of aliphatic carboxylic acids is 2. The molecule has 0 radical (unpaired) electrons. The maximum absolute atomic E-state index is 11.5. The zero-order chi connectivity index (χ0) is 27.4. The van der Waals surface area contributed by atoms with E-state index >= 15 is 0 Å². The normalized spacial score (nSPS) is 16.8. The van der Waals surface area contributed by atoms with E-state index in [0.29, 0.717) is 12.4 Å². The molecule has 0 aromatic carbocycles. The van der Waals surface area contributed by atoms with Crippen molar-refractivity contribution in [1.82, 2.24) is 14.6 Å². The summed E-state index contributed by atoms with van der Waals surface area (Å²) < 4.78 is 17.8. The first-order valence-electron chi connectivity index (χ1n) is 11.8. The summed E-state index contributed by atoms with van der Waals surface area (Å²) in [7, 11) is 0. The Hall–Kier alpha value is -3.41. The number of aromatic nitrogens is 3. The summed E-state index contributed by atoms with van der Waals surface area (Å²) in [5, 5.41) is 20.2. The van der Waals surface area contributed by atoms with Crippen molar-refractivity contribution in [3.05, 3.63) is 24.2 Å². The van der Waals surface area contributed by atoms with Gasteiger partial charge in [0.2, 0.25) is 0 Å². The van der Waals surface area contributed by atoms with Crippen LogP contribution in [0.2, 0.25) is 0 Å². The summed E-state index contributed by atoms with van der Waals surface area (Å²) in [5.74, 6) is -1.23. The van der Waals surface area contributed by atoms with Crippen molar-refractivity contribution >= 4 is 29.4 Å². The van der Waals surface area contributed by atoms with Gasteiger partial charge in [0.25, 0.3) is 0 Å². The number of carbonyl (C=O) groups is 3. The Morgan fingerprint density at radius 3 is 2.17 bits per heavy atom. The number of nitrogens with two attached hydrogens (primary N) is 1. The van der Waals surface area contributed by atoms with Crippen molar-refractivity contribution in [2.45, 2.75) is 66.6 Å². The summed E-state index contributed by atoms with van der Waals surface area (Å²) >= 11 is 0. The van der Waals surface area contributed by atoms with Gasteiger partial charge in [0.05, 0.1) is 30.2 Å². The van der Waals surface area contributed by atoms with E-state index in [9.17, 15) is 14.4 Å². The maximum Gasteiger partial charge on any atom is 0.508 e. The molecule has 12 nitrogen and oxygen atoms in total. The van der Waals surface area contributed by atoms with Gasteiger partial charge in [0, 0.05) is 0 Å². The number of nitrogen functional groups attached to an aromatic ring is 1. The highest BCUT2D eigenvalue weighted by Crippen LogP contribution is 2.33. The first-order chi connectivity index (χ1) is 16.8. The molecule has 1 saturated heterocycles. The standard InChI is InChI=1S/C16H22N4O4.2C4H8O2/c1-10(2)7-22-16(21)23-8-11-3-6-14(24-11)12-4-5-13-15(17)18-9-19-20(12)13;2*1-3(2)4(5)6/h4-5,9-11,14H,3,6-8H2,1-2H3,(H2,17,18,19);2*3H,1-2H3,(H,5,6). The zero-order valence-electron chi connectivity index (χ0n) is 21.7. The number of ether oxygens (including phenoxy) is 3. The van der Waals surface area contributed by atoms with Crippen molar-refractivity contribution in [3.8, 4) is 0 Å². The van der Waals surface area contributed by atoms with Gasteiger partial charge in [-0.3, -0.25) is 9.59 Å². The zero-order valence-corrected chi connectivity index (χ0v) is 21.7. The average Bonchev–Trinajstić information content (AvgIpc) is 3.44. The molecule has 1 aliphatic rings. The molecular weight excluding hydrogens is 472 g/mol. The summed E-state index contributed by atoms with van der Waals surface area (Å²) in [6.07, 6.45) is 2.14. The van der Waals surface area contributed by atoms with Crippen LogP contribution in [0.1, 0.15) is 66.2 Å². The van der Waals surface area contributed by atoms with Gasteiger partial charge in [-0.15, -0.1) is 0 Å². The van der Waals surface area contributed by atoms with E-state index in [1.807, 2.05) is 26.0 Å². The van der Waals surface area contributed by atoms with Crippen molar-refractivity contribution in [3.63, 3.8) is 0 Å². The van der Waals surface area contributed by atoms with Crippen LogP contribution in [-0.4, -0.2) is 62.2 Å². The molecule has 0 amide bonds. The Balaban J connectivity index is 0.000000450. The van der Waals surface area contributed by atoms with Gasteiger partial charge < -0.3 is 30.2 Å². The monoisotopic (exact) mass is 510 g/mol. The van der Waals surface area contributed by atoms with E-state index in [4.69, 9.17) is 30.2 Å². The Bertz CT molecular complexity index is 972. The van der Waals surface area contributed by atoms with E-state index in [0.717, 1.165) is 24.1 Å². The summed E-state index contributed by atoms with van der Waals surface area (Å²) in [5.41, 5.74) is 7.52. The Kier molecular flexibility index (Phi) is 12.6. The van der Waals surface area contributed by atoms with E-state index < -0.39 is 18.1 Å². The van der Waals surface area contributed by atoms with Crippen molar-refractivity contribution in [2.75, 3.05) is 18.9 Å². The quantitative estimate of drug-likeness (QED) is 0.462. The maximum atomic E-state index is 11.5. The molecule has 2 aromatic heterocycles. The minimum absolute atomic E-state index is 0.109. The lowest BCUT2D eigenvalue weighted by Crippen LogP contribution is -2.20. The second-order valence-electron chi connectivity index (χ2n) is 9.28. The number of nitrogens with zero attached hydrogens (tertiary/aromatic N) is 3. The molecule has 4 N–H and O–H groups in total. The largest absolute Gasteiger partial charge is 0.508 e. The van der Waals surface area contributed by atoms with Crippen LogP contribution in [0.25, 0.3) is 5.52 Å². The summed E-state index contributed by atoms with van der Waals surface area (Å²) in [4.78, 5) is 34.9. The van der Waals surface area contributed by atoms with E-state index in [1.54, 1.807) is 32.2 Å². The molecule has 0 saturated carbocycles. The molecule has 0 aliphatic carbocycles. The SMILES string of the molecule is CC(C)C(=O)O.CC(C)C(=O)O.CC(C)COC(=O)OCC1CCC(c2ccc3c(N)ncnn23)O1. The van der Waals surface area contributed by atoms with Crippen LogP contribution >= 0.6 is 0 Å². The third-order valence-electron chi connectivity index (χ3n) is 4.86. The highest BCUT2D eigenvalue weighted by molar-refractivity contribution is 5.69. The van der Waals surface area contributed by atoms with Crippen molar-refractivity contribution in [2.24, 2.45) is 17.8 Å². The first kappa shape index (κ1) is 30.6. The molecule has 3 heterocycles. The number of hydrogen-bond donors (Lipinski definition) is 3. The first-order valence-corrected chi connectivity index (χ1v) is 11.8. The number of rotatable bonds is 7. The van der Waals surface area contributed by atoms with Crippen LogP contribution in [0.5, 0.6) is 0 Å². The molecule has 2 atom stereocenters. The summed E-state index contributed by atoms with van der Waals surface area (Å²) in [6, 6.07) is 3.81. The van der Waals surface area contributed by atoms with Crippen LogP contribution in [0.4, 0.5) is 10.6 Å². The number of anilines is 1. The van der Waals surface area contributed by atoms with Gasteiger partial charge in [0.15, 0.2) is 5.82 Å². The predicted molar refractivity (Wildman–Crippen MR) is 131 cm³/mol. The Morgan fingerprint density at radius 1 is 1.06 bits per heavy atom. The predicted octanol–water partition coefficient (Wildman–Crippen LogP) is 3.79. The van der Waals surface area contributed by atoms with Gasteiger partial charge >= 0.3 is 18.1 Å². The van der Waals surface area contributed by atoms with Crippen molar-refractivity contribution < 1.29 is 38.8 Å². The highest BCUT2D eigenvalue weighted by atomic mass is 16.7. The second kappa shape index (κ2) is 14.9. The molecule has 12 heteroatoms. The molecule has 0 spiro atoms. The molecule has 36 heavy (non-hydrogen) atoms. The lowest BCUT2D eigenvalue weighted by molar-refractivity contribution is -0.141. The molecular formula is C24H38N4O8. The number of fused-ring (bicyclic) bond motifs is 1. The molecule has 3 rings (SSSR count). The van der Waals surface area contributed by atoms with Crippen LogP contribution in [-0.2, 0) is 23.8 Å². The number of carbonyl (C=O) groups excluding carboxylic acids is 1. The topological polar surface area (TPSA) is 176 Å². The van der Waals surface area contributed by atoms with E-state index in [-0.39, 0.29) is 36.6 Å². The molecule has 1 fully saturated rings. The highest BCUT2D eigenvalue weighted by Gasteiger charge is 2.30. The van der Waals surface area contributed by atoms with Crippen LogP contribution in [0, 0.1) is 17.8 Å². The van der Waals surface area contributed by atoms with Gasteiger partial charge in [-0.05, 0) is 30.9 Å². The molecule has 2 unspecified atom stereocenters. The third-order valence-corrected chi connectivity index (χ3v) is 4.86. The number of hydrogen-bond acceptors (Lipinski definition) is 9. The Morgan fingerprint density at radius 2 is 1.64 bits per heavy atom. The van der Waals surface area contributed by atoms with Crippen molar-refractivity contribution in [1.29, 1.82) is 0 Å². The average molecular weight is 511 g/mol. The van der Waals surface area contributed by atoms with Gasteiger partial charge in [-0.2, -0.15) is 5.10 Å². The van der Waals surface area contributed by atoms with Crippen LogP contribution in [0.3, 0.4) is 0 Å². The smallest absolute Gasteiger partial charge is 0.481 e. The third kappa shape index (κ3) is 10.5. The minimum atomic E-state index is -0.741. The lowest BCUT2D eigenvalue weighted by Gasteiger charge is -2.14. The molecule has 2 aromatic rings. The number of carboxylic acids is 2. The van der Waals surface area contributed by atoms with Gasteiger partial charge in [-0.1, -0.05) is 41.5 Å². The fourth-order valence-corrected chi connectivity index (χ4v) is 2.70. The van der Waals surface area contributed by atoms with Gasteiger partial charge in [-0.25, -0.2) is 14.3 Å². The van der Waals surface area contributed by atoms with Crippen LogP contribution in [0.15, 0.2) is 18.5 Å². The Labute approximate surface area is 210 Å². The van der Waals surface area contributed by atoms with Gasteiger partial charge in [0.1, 0.15) is 24.6 Å². The fraction of sp³-hybridized carbons (Fsp3) is 0.625. The van der Waals surface area contributed by atoms with E-state index in [2.05, 4.69) is 10.1 Å². The number of carboxylic acid groups (broad SMARTS) is 2. The van der Waals surface area contributed by atoms with Crippen LogP contribution < -0.4 is 5.73 Å². The molecule has 202 valence electrons. The fourth-order valence-electron chi connectivity index (χ4n) is 2.70.